The first-order valence-electron chi connectivity index (χ1n) is 4.55. The fraction of sp³-hybridized carbons (Fsp3) is 0.300. The molecule has 1 aliphatic rings. The summed E-state index contributed by atoms with van der Waals surface area (Å²) in [5.74, 6) is -0.239. The fourth-order valence-corrected chi connectivity index (χ4v) is 1.52. The Morgan fingerprint density at radius 3 is 2.57 bits per heavy atom. The number of halogens is 1. The number of amides is 1. The number of hydrazine groups is 1. The average molecular weight is 194 g/mol. The number of rotatable bonds is 1. The van der Waals surface area contributed by atoms with Gasteiger partial charge < -0.3 is 0 Å². The Morgan fingerprint density at radius 2 is 2.00 bits per heavy atom. The second kappa shape index (κ2) is 3.75. The highest BCUT2D eigenvalue weighted by Crippen LogP contribution is 2.20. The lowest BCUT2D eigenvalue weighted by atomic mass is 10.0. The topological polar surface area (TPSA) is 41.1 Å². The molecule has 1 aromatic rings. The smallest absolute Gasteiger partial charge is 0.234 e. The van der Waals surface area contributed by atoms with Gasteiger partial charge in [-0.25, -0.2) is 9.82 Å². The van der Waals surface area contributed by atoms with Gasteiger partial charge in [0, 0.05) is 6.42 Å². The molecule has 1 saturated heterocycles. The molecule has 0 saturated carbocycles. The molecule has 4 heteroatoms. The summed E-state index contributed by atoms with van der Waals surface area (Å²) in [5, 5.41) is 0. The van der Waals surface area contributed by atoms with E-state index in [-0.39, 0.29) is 17.8 Å². The van der Waals surface area contributed by atoms with Crippen molar-refractivity contribution in [1.29, 1.82) is 0 Å². The van der Waals surface area contributed by atoms with Gasteiger partial charge in [0.2, 0.25) is 5.91 Å². The van der Waals surface area contributed by atoms with Gasteiger partial charge >= 0.3 is 0 Å². The first-order chi connectivity index (χ1) is 6.75. The first-order valence-corrected chi connectivity index (χ1v) is 4.55. The molecule has 1 heterocycles. The van der Waals surface area contributed by atoms with Crippen molar-refractivity contribution < 1.29 is 9.18 Å². The van der Waals surface area contributed by atoms with Crippen LogP contribution in [-0.2, 0) is 4.79 Å². The predicted octanol–water partition coefficient (Wildman–Crippen LogP) is 1.28. The molecule has 0 bridgehead atoms. The summed E-state index contributed by atoms with van der Waals surface area (Å²) in [6, 6.07) is 6.39. The summed E-state index contributed by atoms with van der Waals surface area (Å²) in [4.78, 5) is 10.9. The van der Waals surface area contributed by atoms with Crippen LogP contribution in [0.2, 0.25) is 0 Å². The molecule has 1 amide bonds. The van der Waals surface area contributed by atoms with Gasteiger partial charge in [-0.2, -0.15) is 0 Å². The molecule has 0 radical (unpaired) electrons. The zero-order valence-corrected chi connectivity index (χ0v) is 7.59. The molecular weight excluding hydrogens is 183 g/mol. The predicted molar refractivity (Wildman–Crippen MR) is 49.7 cm³/mol. The molecule has 2 rings (SSSR count). The average Bonchev–Trinajstić information content (AvgIpc) is 2.21. The van der Waals surface area contributed by atoms with E-state index in [4.69, 9.17) is 0 Å². The molecule has 1 atom stereocenters. The largest absolute Gasteiger partial charge is 0.291 e. The van der Waals surface area contributed by atoms with E-state index in [1.54, 1.807) is 12.1 Å². The monoisotopic (exact) mass is 194 g/mol. The van der Waals surface area contributed by atoms with Gasteiger partial charge in [-0.05, 0) is 24.1 Å². The Kier molecular flexibility index (Phi) is 2.45. The molecule has 0 aromatic heterocycles. The summed E-state index contributed by atoms with van der Waals surface area (Å²) in [5.41, 5.74) is 6.44. The normalized spacial score (nSPS) is 21.8. The van der Waals surface area contributed by atoms with Gasteiger partial charge in [-0.15, -0.1) is 0 Å². The number of benzene rings is 1. The third kappa shape index (κ3) is 1.90. The van der Waals surface area contributed by atoms with Crippen molar-refractivity contribution >= 4 is 5.91 Å². The number of hydrogen-bond donors (Lipinski definition) is 2. The lowest BCUT2D eigenvalue weighted by Crippen LogP contribution is -2.44. The number of hydrogen-bond acceptors (Lipinski definition) is 2. The first kappa shape index (κ1) is 9.15. The van der Waals surface area contributed by atoms with Crippen molar-refractivity contribution in [2.24, 2.45) is 0 Å². The maximum Gasteiger partial charge on any atom is 0.234 e. The number of carbonyl (C=O) groups is 1. The third-order valence-corrected chi connectivity index (χ3v) is 2.32. The van der Waals surface area contributed by atoms with Crippen molar-refractivity contribution in [3.05, 3.63) is 35.6 Å². The number of nitrogens with one attached hydrogen (secondary N) is 2. The molecule has 74 valence electrons. The zero-order valence-electron chi connectivity index (χ0n) is 7.59. The summed E-state index contributed by atoms with van der Waals surface area (Å²) >= 11 is 0. The van der Waals surface area contributed by atoms with Crippen molar-refractivity contribution in [3.63, 3.8) is 0 Å². The van der Waals surface area contributed by atoms with E-state index in [1.165, 1.54) is 12.1 Å². The van der Waals surface area contributed by atoms with E-state index in [1.807, 2.05) is 0 Å². The SMILES string of the molecule is O=C1CC[C@H](c2ccc(F)cc2)NN1. The Hall–Kier alpha value is -1.42. The van der Waals surface area contributed by atoms with Crippen LogP contribution in [-0.4, -0.2) is 5.91 Å². The van der Waals surface area contributed by atoms with E-state index >= 15 is 0 Å². The second-order valence-electron chi connectivity index (χ2n) is 3.34. The van der Waals surface area contributed by atoms with E-state index in [0.29, 0.717) is 6.42 Å². The molecule has 1 aromatic carbocycles. The fourth-order valence-electron chi connectivity index (χ4n) is 1.52. The van der Waals surface area contributed by atoms with Crippen LogP contribution in [0.25, 0.3) is 0 Å². The summed E-state index contributed by atoms with van der Waals surface area (Å²) < 4.78 is 12.6. The molecule has 2 N–H and O–H groups in total. The van der Waals surface area contributed by atoms with Gasteiger partial charge in [0.1, 0.15) is 5.82 Å². The molecule has 3 nitrogen and oxygen atoms in total. The van der Waals surface area contributed by atoms with Gasteiger partial charge in [0.25, 0.3) is 0 Å². The zero-order chi connectivity index (χ0) is 9.97. The van der Waals surface area contributed by atoms with Crippen LogP contribution in [0.5, 0.6) is 0 Å². The van der Waals surface area contributed by atoms with E-state index in [9.17, 15) is 9.18 Å². The Morgan fingerprint density at radius 1 is 1.29 bits per heavy atom. The van der Waals surface area contributed by atoms with Crippen LogP contribution in [0.15, 0.2) is 24.3 Å². The summed E-state index contributed by atoms with van der Waals surface area (Å²) in [6.45, 7) is 0. The van der Waals surface area contributed by atoms with Crippen molar-refractivity contribution in [3.8, 4) is 0 Å². The highest BCUT2D eigenvalue weighted by atomic mass is 19.1. The summed E-state index contributed by atoms with van der Waals surface area (Å²) in [7, 11) is 0. The van der Waals surface area contributed by atoms with Crippen molar-refractivity contribution in [2.45, 2.75) is 18.9 Å². The minimum atomic E-state index is -0.242. The van der Waals surface area contributed by atoms with Gasteiger partial charge in [0.05, 0.1) is 6.04 Å². The minimum Gasteiger partial charge on any atom is -0.291 e. The van der Waals surface area contributed by atoms with E-state index in [0.717, 1.165) is 12.0 Å². The highest BCUT2D eigenvalue weighted by Gasteiger charge is 2.18. The van der Waals surface area contributed by atoms with Gasteiger partial charge in [-0.1, -0.05) is 12.1 Å². The Labute approximate surface area is 81.3 Å². The minimum absolute atomic E-state index is 0.00311. The lowest BCUT2D eigenvalue weighted by Gasteiger charge is -2.24. The molecule has 14 heavy (non-hydrogen) atoms. The Balaban J connectivity index is 2.08. The maximum atomic E-state index is 12.6. The maximum absolute atomic E-state index is 12.6. The van der Waals surface area contributed by atoms with Crippen LogP contribution >= 0.6 is 0 Å². The molecule has 1 aliphatic heterocycles. The van der Waals surface area contributed by atoms with Crippen LogP contribution < -0.4 is 10.9 Å². The molecule has 0 spiro atoms. The molecule has 0 unspecified atom stereocenters. The standard InChI is InChI=1S/C10H11FN2O/c11-8-3-1-7(2-4-8)9-5-6-10(14)13-12-9/h1-4,9,12H,5-6H2,(H,13,14)/t9-/m1/s1. The molecular formula is C10H11FN2O. The van der Waals surface area contributed by atoms with E-state index in [2.05, 4.69) is 10.9 Å². The number of carbonyl (C=O) groups excluding carboxylic acids is 1. The van der Waals surface area contributed by atoms with Crippen LogP contribution in [0.4, 0.5) is 4.39 Å². The van der Waals surface area contributed by atoms with E-state index < -0.39 is 0 Å². The van der Waals surface area contributed by atoms with Crippen LogP contribution in [0.3, 0.4) is 0 Å². The third-order valence-electron chi connectivity index (χ3n) is 2.32. The highest BCUT2D eigenvalue weighted by molar-refractivity contribution is 5.76. The quantitative estimate of drug-likeness (QED) is 0.707. The summed E-state index contributed by atoms with van der Waals surface area (Å²) in [6.07, 6.45) is 1.26. The second-order valence-corrected chi connectivity index (χ2v) is 3.34. The van der Waals surface area contributed by atoms with Gasteiger partial charge in [0.15, 0.2) is 0 Å². The van der Waals surface area contributed by atoms with Crippen LogP contribution in [0.1, 0.15) is 24.4 Å². The van der Waals surface area contributed by atoms with Crippen LogP contribution in [0, 0.1) is 5.82 Å². The Bertz CT molecular complexity index is 326. The van der Waals surface area contributed by atoms with Gasteiger partial charge in [-0.3, -0.25) is 10.2 Å². The lowest BCUT2D eigenvalue weighted by molar-refractivity contribution is -0.124. The van der Waals surface area contributed by atoms with Crippen molar-refractivity contribution in [1.82, 2.24) is 10.9 Å². The van der Waals surface area contributed by atoms with Crippen molar-refractivity contribution in [2.75, 3.05) is 0 Å². The molecule has 0 aliphatic carbocycles. The molecule has 1 fully saturated rings.